The van der Waals surface area contributed by atoms with E-state index in [9.17, 15) is 23.6 Å². The molecule has 10 heteroatoms. The summed E-state index contributed by atoms with van der Waals surface area (Å²) in [4.78, 5) is 10.5. The van der Waals surface area contributed by atoms with E-state index < -0.39 is 16.9 Å². The quantitative estimate of drug-likeness (QED) is 0.539. The molecule has 2 aromatic rings. The van der Waals surface area contributed by atoms with Crippen LogP contribution in [0.5, 0.6) is 5.75 Å². The standard InChI is InChI=1S/C10H12N4O5S/c1-14-7-4-8(15)6(12-13-10(11)16)2-5(7)3-9(14)20(17,18)19/h2-4,15,17-19H,1H3,(H2,11,16). The fourth-order valence-corrected chi connectivity index (χ4v) is 2.53. The Hall–Kier alpha value is -2.14. The summed E-state index contributed by atoms with van der Waals surface area (Å²) in [6.45, 7) is 0. The first-order valence-electron chi connectivity index (χ1n) is 5.24. The summed E-state index contributed by atoms with van der Waals surface area (Å²) in [7, 11) is -2.40. The highest BCUT2D eigenvalue weighted by Gasteiger charge is 2.22. The van der Waals surface area contributed by atoms with E-state index >= 15 is 0 Å². The minimum Gasteiger partial charge on any atom is -0.506 e. The van der Waals surface area contributed by atoms with Gasteiger partial charge in [0.25, 0.3) is 0 Å². The molecular weight excluding hydrogens is 288 g/mol. The fourth-order valence-electron chi connectivity index (χ4n) is 1.78. The number of phenols is 1. The number of azo groups is 1. The van der Waals surface area contributed by atoms with Crippen LogP contribution in [-0.2, 0) is 7.05 Å². The number of primary amides is 1. The van der Waals surface area contributed by atoms with Gasteiger partial charge in [0.05, 0.1) is 5.52 Å². The normalized spacial score (nSPS) is 13.2. The van der Waals surface area contributed by atoms with Crippen LogP contribution in [0.15, 0.2) is 33.5 Å². The summed E-state index contributed by atoms with van der Waals surface area (Å²) in [6.07, 6.45) is 0. The van der Waals surface area contributed by atoms with Crippen LogP contribution in [0.2, 0.25) is 0 Å². The second-order valence-electron chi connectivity index (χ2n) is 4.00. The minimum absolute atomic E-state index is 0.0112. The first-order valence-corrected chi connectivity index (χ1v) is 6.75. The van der Waals surface area contributed by atoms with Gasteiger partial charge in [0.1, 0.15) is 27.3 Å². The molecule has 2 rings (SSSR count). The van der Waals surface area contributed by atoms with Crippen LogP contribution in [0.4, 0.5) is 10.5 Å². The summed E-state index contributed by atoms with van der Waals surface area (Å²) in [6, 6.07) is 2.97. The van der Waals surface area contributed by atoms with E-state index in [2.05, 4.69) is 10.2 Å². The van der Waals surface area contributed by atoms with Gasteiger partial charge in [0.15, 0.2) is 0 Å². The van der Waals surface area contributed by atoms with Crippen LogP contribution in [0.3, 0.4) is 0 Å². The average Bonchev–Trinajstić information content (AvgIpc) is 2.63. The van der Waals surface area contributed by atoms with Crippen LogP contribution in [0.25, 0.3) is 10.9 Å². The molecular formula is C10H12N4O5S. The van der Waals surface area contributed by atoms with Gasteiger partial charge in [0, 0.05) is 18.5 Å². The highest BCUT2D eigenvalue weighted by atomic mass is 32.3. The number of phenolic OH excluding ortho intramolecular Hbond substituents is 1. The van der Waals surface area contributed by atoms with Gasteiger partial charge in [-0.15, -0.1) is 5.11 Å². The van der Waals surface area contributed by atoms with E-state index in [1.54, 1.807) is 0 Å². The molecule has 1 heterocycles. The molecule has 0 spiro atoms. The van der Waals surface area contributed by atoms with E-state index in [4.69, 9.17) is 5.73 Å². The Kier molecular flexibility index (Phi) is 3.39. The lowest BCUT2D eigenvalue weighted by atomic mass is 10.2. The number of carbonyl (C=O) groups excluding carboxylic acids is 1. The first kappa shape index (κ1) is 14.3. The summed E-state index contributed by atoms with van der Waals surface area (Å²) in [5.41, 5.74) is 5.23. The first-order chi connectivity index (χ1) is 9.20. The number of carbonyl (C=O) groups is 1. The molecule has 0 aliphatic carbocycles. The molecule has 6 N–H and O–H groups in total. The van der Waals surface area contributed by atoms with Gasteiger partial charge >= 0.3 is 6.03 Å². The van der Waals surface area contributed by atoms with Crippen molar-refractivity contribution in [3.63, 3.8) is 0 Å². The summed E-state index contributed by atoms with van der Waals surface area (Å²) in [5, 5.41) is 16.7. The predicted octanol–water partition coefficient (Wildman–Crippen LogP) is 2.63. The molecule has 0 saturated carbocycles. The molecule has 9 nitrogen and oxygen atoms in total. The van der Waals surface area contributed by atoms with Crippen molar-refractivity contribution < 1.29 is 23.6 Å². The zero-order chi connectivity index (χ0) is 15.1. The Morgan fingerprint density at radius 2 is 1.95 bits per heavy atom. The van der Waals surface area contributed by atoms with Gasteiger partial charge in [-0.3, -0.25) is 0 Å². The van der Waals surface area contributed by atoms with E-state index in [1.807, 2.05) is 0 Å². The maximum atomic E-state index is 10.5. The average molecular weight is 300 g/mol. The van der Waals surface area contributed by atoms with E-state index in [1.165, 1.54) is 29.8 Å². The molecule has 2 amide bonds. The third-order valence-electron chi connectivity index (χ3n) is 2.63. The maximum absolute atomic E-state index is 10.5. The van der Waals surface area contributed by atoms with Crippen molar-refractivity contribution in [2.75, 3.05) is 0 Å². The van der Waals surface area contributed by atoms with Crippen molar-refractivity contribution in [1.82, 2.24) is 4.57 Å². The van der Waals surface area contributed by atoms with Crippen molar-refractivity contribution in [1.29, 1.82) is 0 Å². The number of fused-ring (bicyclic) bond motifs is 1. The molecule has 1 aromatic heterocycles. The number of rotatable bonds is 2. The monoisotopic (exact) mass is 300 g/mol. The van der Waals surface area contributed by atoms with Gasteiger partial charge in [0.2, 0.25) is 0 Å². The lowest BCUT2D eigenvalue weighted by Gasteiger charge is -2.19. The summed E-state index contributed by atoms with van der Waals surface area (Å²) < 4.78 is 29.2. The van der Waals surface area contributed by atoms with Gasteiger partial charge in [-0.1, -0.05) is 5.11 Å². The highest BCUT2D eigenvalue weighted by molar-refractivity contribution is 8.19. The van der Waals surface area contributed by atoms with Gasteiger partial charge < -0.3 is 29.1 Å². The number of aryl methyl sites for hydroxylation is 1. The third-order valence-corrected chi connectivity index (χ3v) is 3.58. The molecule has 0 radical (unpaired) electrons. The summed E-state index contributed by atoms with van der Waals surface area (Å²) >= 11 is 0. The Balaban J connectivity index is 2.63. The van der Waals surface area contributed by atoms with Gasteiger partial charge in [-0.05, 0) is 12.1 Å². The molecule has 20 heavy (non-hydrogen) atoms. The molecule has 0 aliphatic rings. The fraction of sp³-hybridized carbons (Fsp3) is 0.100. The van der Waals surface area contributed by atoms with Crippen molar-refractivity contribution in [3.8, 4) is 5.75 Å². The molecule has 1 aromatic carbocycles. The van der Waals surface area contributed by atoms with Gasteiger partial charge in [-0.2, -0.15) is 0 Å². The minimum atomic E-state index is -3.89. The number of benzene rings is 1. The number of hydrogen-bond acceptors (Lipinski definition) is 6. The Labute approximate surface area is 114 Å². The number of hydrogen-bond donors (Lipinski definition) is 5. The molecule has 108 valence electrons. The van der Waals surface area contributed by atoms with Gasteiger partial charge in [-0.25, -0.2) is 4.79 Å². The number of aromatic hydroxyl groups is 1. The van der Waals surface area contributed by atoms with Crippen LogP contribution >= 0.6 is 10.9 Å². The zero-order valence-corrected chi connectivity index (χ0v) is 11.1. The predicted molar refractivity (Wildman–Crippen MR) is 72.4 cm³/mol. The van der Waals surface area contributed by atoms with E-state index in [0.717, 1.165) is 0 Å². The van der Waals surface area contributed by atoms with Crippen LogP contribution < -0.4 is 5.73 Å². The Morgan fingerprint density at radius 1 is 1.30 bits per heavy atom. The largest absolute Gasteiger partial charge is 0.506 e. The third kappa shape index (κ3) is 2.58. The Bertz CT molecular complexity index is 718. The number of nitrogens with two attached hydrogens (primary N) is 1. The molecule has 0 unspecified atom stereocenters. The second kappa shape index (κ2) is 4.76. The van der Waals surface area contributed by atoms with Crippen LogP contribution in [-0.4, -0.2) is 29.4 Å². The molecule has 0 saturated heterocycles. The Morgan fingerprint density at radius 3 is 2.50 bits per heavy atom. The lowest BCUT2D eigenvalue weighted by molar-refractivity contribution is 0.255. The summed E-state index contributed by atoms with van der Waals surface area (Å²) in [5.74, 6) is -0.273. The maximum Gasteiger partial charge on any atom is 0.356 e. The number of nitrogens with zero attached hydrogens (tertiary/aromatic N) is 3. The van der Waals surface area contributed by atoms with Crippen molar-refractivity contribution >= 4 is 33.5 Å². The molecule has 0 fully saturated rings. The SMILES string of the molecule is Cn1c(S(O)(O)O)cc2cc(N=NC(N)=O)c(O)cc21. The van der Waals surface area contributed by atoms with Crippen molar-refractivity contribution in [2.45, 2.75) is 5.03 Å². The van der Waals surface area contributed by atoms with Crippen molar-refractivity contribution in [2.24, 2.45) is 23.0 Å². The van der Waals surface area contributed by atoms with Crippen LogP contribution in [0, 0.1) is 0 Å². The number of aromatic nitrogens is 1. The van der Waals surface area contributed by atoms with E-state index in [-0.39, 0.29) is 16.5 Å². The second-order valence-corrected chi connectivity index (χ2v) is 5.45. The number of urea groups is 1. The molecule has 0 aliphatic heterocycles. The molecule has 0 bridgehead atoms. The lowest BCUT2D eigenvalue weighted by Crippen LogP contribution is -2.02. The van der Waals surface area contributed by atoms with Crippen LogP contribution in [0.1, 0.15) is 0 Å². The number of amides is 2. The highest BCUT2D eigenvalue weighted by Crippen LogP contribution is 2.46. The van der Waals surface area contributed by atoms with Crippen molar-refractivity contribution in [3.05, 3.63) is 18.2 Å². The zero-order valence-electron chi connectivity index (χ0n) is 10.3. The van der Waals surface area contributed by atoms with E-state index in [0.29, 0.717) is 10.9 Å². The smallest absolute Gasteiger partial charge is 0.356 e. The molecule has 0 atom stereocenters. The topological polar surface area (TPSA) is 154 Å².